The van der Waals surface area contributed by atoms with Crippen LogP contribution in [-0.2, 0) is 4.74 Å². The van der Waals surface area contributed by atoms with Crippen LogP contribution in [0.1, 0.15) is 27.2 Å². The van der Waals surface area contributed by atoms with Crippen LogP contribution in [0.25, 0.3) is 0 Å². The number of halogens is 2. The van der Waals surface area contributed by atoms with Gasteiger partial charge in [-0.1, -0.05) is 11.6 Å². The second kappa shape index (κ2) is 11.5. The summed E-state index contributed by atoms with van der Waals surface area (Å²) in [6.07, 6.45) is 2.08. The van der Waals surface area contributed by atoms with E-state index in [2.05, 4.69) is 25.5 Å². The molecule has 2 rings (SSSR count). The monoisotopic (exact) mass is 525 g/mol. The fourth-order valence-corrected chi connectivity index (χ4v) is 2.84. The number of ether oxygens (including phenoxy) is 2. The van der Waals surface area contributed by atoms with Gasteiger partial charge in [0, 0.05) is 26.3 Å². The van der Waals surface area contributed by atoms with E-state index < -0.39 is 11.7 Å². The number of nitrogens with one attached hydrogen (secondary N) is 2. The third-order valence-electron chi connectivity index (χ3n) is 3.77. The van der Waals surface area contributed by atoms with Crippen molar-refractivity contribution in [3.05, 3.63) is 23.4 Å². The average Bonchev–Trinajstić information content (AvgIpc) is 3.02. The molecule has 0 saturated carbocycles. The second-order valence-corrected chi connectivity index (χ2v) is 7.60. The molecule has 0 bridgehead atoms. The van der Waals surface area contributed by atoms with Crippen LogP contribution in [0.3, 0.4) is 0 Å². The summed E-state index contributed by atoms with van der Waals surface area (Å²) in [6.45, 7) is 7.97. The lowest BCUT2D eigenvalue weighted by Gasteiger charge is -2.23. The summed E-state index contributed by atoms with van der Waals surface area (Å²) in [5.74, 6) is 1.18. The van der Waals surface area contributed by atoms with E-state index in [0.717, 1.165) is 18.9 Å². The lowest BCUT2D eigenvalue weighted by atomic mass is 10.2. The van der Waals surface area contributed by atoms with Gasteiger partial charge in [0.25, 0.3) is 0 Å². The summed E-state index contributed by atoms with van der Waals surface area (Å²) in [7, 11) is 1.73. The highest BCUT2D eigenvalue weighted by Crippen LogP contribution is 2.19. The molecule has 1 fully saturated rings. The molecular weight excluding hydrogens is 497 g/mol. The lowest BCUT2D eigenvalue weighted by molar-refractivity contribution is 0.0507. The van der Waals surface area contributed by atoms with E-state index in [4.69, 9.17) is 21.1 Å². The maximum Gasteiger partial charge on any atom is 0.407 e. The summed E-state index contributed by atoms with van der Waals surface area (Å²) in [6, 6.07) is 3.52. The van der Waals surface area contributed by atoms with Crippen molar-refractivity contribution in [3.8, 4) is 5.88 Å². The molecule has 0 aliphatic carbocycles. The molecule has 1 aliphatic rings. The van der Waals surface area contributed by atoms with Crippen molar-refractivity contribution in [3.63, 3.8) is 0 Å². The van der Waals surface area contributed by atoms with Crippen LogP contribution in [-0.4, -0.2) is 66.9 Å². The zero-order valence-corrected chi connectivity index (χ0v) is 19.8. The molecule has 1 saturated heterocycles. The summed E-state index contributed by atoms with van der Waals surface area (Å²) in [5.41, 5.74) is -0.503. The maximum atomic E-state index is 11.9. The minimum Gasteiger partial charge on any atom is -0.475 e. The van der Waals surface area contributed by atoms with Crippen molar-refractivity contribution in [2.45, 2.75) is 38.8 Å². The number of pyridine rings is 1. The molecule has 1 aromatic rings. The number of guanidine groups is 1. The molecule has 28 heavy (non-hydrogen) atoms. The van der Waals surface area contributed by atoms with Crippen LogP contribution in [0.2, 0.25) is 5.02 Å². The molecule has 1 amide bonds. The minimum absolute atomic E-state index is 0. The number of amides is 1. The third-order valence-corrected chi connectivity index (χ3v) is 4.06. The van der Waals surface area contributed by atoms with Crippen LogP contribution < -0.4 is 15.4 Å². The molecule has 0 radical (unpaired) electrons. The first kappa shape index (κ1) is 24.5. The first-order valence-corrected chi connectivity index (χ1v) is 9.34. The Kier molecular flexibility index (Phi) is 10.1. The smallest absolute Gasteiger partial charge is 0.407 e. The molecule has 2 heterocycles. The number of alkyl carbamates (subject to hydrolysis) is 1. The molecule has 0 unspecified atom stereocenters. The number of likely N-dealkylation sites (tertiary alicyclic amines) is 1. The summed E-state index contributed by atoms with van der Waals surface area (Å²) < 4.78 is 10.9. The fourth-order valence-electron chi connectivity index (χ4n) is 2.66. The first-order valence-electron chi connectivity index (χ1n) is 8.97. The largest absolute Gasteiger partial charge is 0.475 e. The van der Waals surface area contributed by atoms with Crippen LogP contribution in [0, 0.1) is 0 Å². The first-order chi connectivity index (χ1) is 12.8. The van der Waals surface area contributed by atoms with Gasteiger partial charge in [-0.05, 0) is 39.3 Å². The van der Waals surface area contributed by atoms with Gasteiger partial charge in [-0.3, -0.25) is 4.99 Å². The molecule has 10 heteroatoms. The molecule has 1 aromatic heterocycles. The molecule has 0 aromatic carbocycles. The fraction of sp³-hybridized carbons (Fsp3) is 0.611. The van der Waals surface area contributed by atoms with Crippen LogP contribution in [0.5, 0.6) is 5.88 Å². The Hall–Kier alpha value is -1.49. The van der Waals surface area contributed by atoms with Gasteiger partial charge >= 0.3 is 6.09 Å². The average molecular weight is 526 g/mol. The van der Waals surface area contributed by atoms with Gasteiger partial charge in [0.2, 0.25) is 5.88 Å². The Balaban J connectivity index is 0.00000392. The maximum absolute atomic E-state index is 11.9. The summed E-state index contributed by atoms with van der Waals surface area (Å²) >= 11 is 6.01. The quantitative estimate of drug-likeness (QED) is 0.266. The Morgan fingerprint density at radius 2 is 2.21 bits per heavy atom. The highest BCUT2D eigenvalue weighted by molar-refractivity contribution is 14.0. The number of aromatic nitrogens is 1. The van der Waals surface area contributed by atoms with Crippen LogP contribution in [0.4, 0.5) is 4.79 Å². The molecule has 2 N–H and O–H groups in total. The molecule has 8 nitrogen and oxygen atoms in total. The van der Waals surface area contributed by atoms with Gasteiger partial charge in [-0.2, -0.15) is 0 Å². The van der Waals surface area contributed by atoms with Gasteiger partial charge in [0.15, 0.2) is 5.96 Å². The number of hydrogen-bond donors (Lipinski definition) is 2. The van der Waals surface area contributed by atoms with Gasteiger partial charge < -0.3 is 25.0 Å². The van der Waals surface area contributed by atoms with Crippen molar-refractivity contribution >= 4 is 47.6 Å². The van der Waals surface area contributed by atoms with Gasteiger partial charge in [0.1, 0.15) is 17.2 Å². The molecule has 1 atom stereocenters. The van der Waals surface area contributed by atoms with Crippen LogP contribution >= 0.6 is 35.6 Å². The standard InChI is InChI=1S/C18H28ClN5O3.HI/c1-18(2,3)27-17(25)23-13-7-10-24(12-13)16(20-4)22-9-11-26-15-14(19)6-5-8-21-15;/h5-6,8,13H,7,9-12H2,1-4H3,(H,20,22)(H,23,25);1H/t13-;/m1./s1. The minimum atomic E-state index is -0.503. The SMILES string of the molecule is CN=C(NCCOc1ncccc1Cl)N1CC[C@@H](NC(=O)OC(C)(C)C)C1.I. The van der Waals surface area contributed by atoms with E-state index >= 15 is 0 Å². The molecule has 158 valence electrons. The molecule has 1 aliphatic heterocycles. The van der Waals surface area contributed by atoms with Crippen molar-refractivity contribution in [1.29, 1.82) is 0 Å². The van der Waals surface area contributed by atoms with Crippen LogP contribution in [0.15, 0.2) is 23.3 Å². The number of carbonyl (C=O) groups excluding carboxylic acids is 1. The van der Waals surface area contributed by atoms with Crippen molar-refractivity contribution < 1.29 is 14.3 Å². The Morgan fingerprint density at radius 1 is 1.46 bits per heavy atom. The van der Waals surface area contributed by atoms with E-state index in [9.17, 15) is 4.79 Å². The second-order valence-electron chi connectivity index (χ2n) is 7.19. The Labute approximate surface area is 188 Å². The van der Waals surface area contributed by atoms with Gasteiger partial charge in [-0.25, -0.2) is 9.78 Å². The summed E-state index contributed by atoms with van der Waals surface area (Å²) in [4.78, 5) is 22.4. The predicted octanol–water partition coefficient (Wildman–Crippen LogP) is 2.91. The number of carbonyl (C=O) groups is 1. The van der Waals surface area contributed by atoms with Crippen molar-refractivity contribution in [2.24, 2.45) is 4.99 Å². The highest BCUT2D eigenvalue weighted by atomic mass is 127. The number of aliphatic imine (C=N–C) groups is 1. The normalized spacial score (nSPS) is 17.0. The number of nitrogens with zero attached hydrogens (tertiary/aromatic N) is 3. The van der Waals surface area contributed by atoms with Crippen molar-refractivity contribution in [2.75, 3.05) is 33.3 Å². The highest BCUT2D eigenvalue weighted by Gasteiger charge is 2.27. The van der Waals surface area contributed by atoms with E-state index in [1.54, 1.807) is 25.4 Å². The van der Waals surface area contributed by atoms with Crippen molar-refractivity contribution in [1.82, 2.24) is 20.5 Å². The third kappa shape index (κ3) is 8.26. The lowest BCUT2D eigenvalue weighted by Crippen LogP contribution is -2.45. The van der Waals surface area contributed by atoms with E-state index in [-0.39, 0.29) is 30.0 Å². The van der Waals surface area contributed by atoms with Gasteiger partial charge in [-0.15, -0.1) is 24.0 Å². The number of rotatable bonds is 5. The Morgan fingerprint density at radius 3 is 2.86 bits per heavy atom. The zero-order chi connectivity index (χ0) is 19.9. The van der Waals surface area contributed by atoms with E-state index in [0.29, 0.717) is 30.6 Å². The Bertz CT molecular complexity index is 669. The number of hydrogen-bond acceptors (Lipinski definition) is 5. The van der Waals surface area contributed by atoms with E-state index in [1.165, 1.54) is 0 Å². The predicted molar refractivity (Wildman–Crippen MR) is 121 cm³/mol. The molecular formula is C18H29ClIN5O3. The summed E-state index contributed by atoms with van der Waals surface area (Å²) in [5, 5.41) is 6.64. The van der Waals surface area contributed by atoms with E-state index in [1.807, 2.05) is 20.8 Å². The van der Waals surface area contributed by atoms with Gasteiger partial charge in [0.05, 0.1) is 12.6 Å². The zero-order valence-electron chi connectivity index (χ0n) is 16.7. The topological polar surface area (TPSA) is 88.1 Å². The molecule has 0 spiro atoms.